The van der Waals surface area contributed by atoms with E-state index < -0.39 is 6.10 Å². The van der Waals surface area contributed by atoms with Crippen LogP contribution in [0.5, 0.6) is 0 Å². The van der Waals surface area contributed by atoms with Gasteiger partial charge in [-0.2, -0.15) is 0 Å². The maximum absolute atomic E-state index is 10.2. The minimum Gasteiger partial charge on any atom is -0.367 e. The SMILES string of the molecule is C=CC(C=O)OCCCCC. The molecule has 0 aromatic rings. The van der Waals surface area contributed by atoms with Crippen LogP contribution in [-0.4, -0.2) is 19.0 Å². The highest BCUT2D eigenvalue weighted by Gasteiger charge is 1.99. The van der Waals surface area contributed by atoms with Crippen LogP contribution in [-0.2, 0) is 9.53 Å². The number of unbranched alkanes of at least 4 members (excludes halogenated alkanes) is 2. The molecule has 0 aliphatic rings. The van der Waals surface area contributed by atoms with Gasteiger partial charge >= 0.3 is 0 Å². The van der Waals surface area contributed by atoms with Crippen LogP contribution in [0.2, 0.25) is 0 Å². The molecule has 11 heavy (non-hydrogen) atoms. The molecular formula is C9H16O2. The van der Waals surface area contributed by atoms with E-state index in [1.165, 1.54) is 12.5 Å². The average molecular weight is 156 g/mol. The van der Waals surface area contributed by atoms with Gasteiger partial charge in [0.1, 0.15) is 6.10 Å². The first-order valence-electron chi connectivity index (χ1n) is 4.04. The lowest BCUT2D eigenvalue weighted by Crippen LogP contribution is -2.11. The summed E-state index contributed by atoms with van der Waals surface area (Å²) in [6, 6.07) is 0. The summed E-state index contributed by atoms with van der Waals surface area (Å²) in [5.41, 5.74) is 0. The van der Waals surface area contributed by atoms with Crippen molar-refractivity contribution in [1.82, 2.24) is 0 Å². The Hall–Kier alpha value is -0.630. The Morgan fingerprint density at radius 3 is 2.73 bits per heavy atom. The smallest absolute Gasteiger partial charge is 0.152 e. The van der Waals surface area contributed by atoms with Crippen LogP contribution in [0, 0.1) is 0 Å². The first-order valence-corrected chi connectivity index (χ1v) is 4.04. The van der Waals surface area contributed by atoms with E-state index in [4.69, 9.17) is 4.74 Å². The zero-order valence-corrected chi connectivity index (χ0v) is 7.08. The number of rotatable bonds is 7. The van der Waals surface area contributed by atoms with Gasteiger partial charge < -0.3 is 9.53 Å². The fraction of sp³-hybridized carbons (Fsp3) is 0.667. The van der Waals surface area contributed by atoms with E-state index in [-0.39, 0.29) is 0 Å². The summed E-state index contributed by atoms with van der Waals surface area (Å²) in [4.78, 5) is 10.2. The molecule has 0 fully saturated rings. The first kappa shape index (κ1) is 10.4. The van der Waals surface area contributed by atoms with Gasteiger partial charge in [0.15, 0.2) is 6.29 Å². The highest BCUT2D eigenvalue weighted by molar-refractivity contribution is 5.58. The molecule has 1 atom stereocenters. The summed E-state index contributed by atoms with van der Waals surface area (Å²) in [5.74, 6) is 0. The molecular weight excluding hydrogens is 140 g/mol. The van der Waals surface area contributed by atoms with E-state index >= 15 is 0 Å². The third-order valence-corrected chi connectivity index (χ3v) is 1.42. The van der Waals surface area contributed by atoms with E-state index in [0.717, 1.165) is 19.1 Å². The standard InChI is InChI=1S/C9H16O2/c1-3-5-6-7-11-9(4-2)8-10/h4,8-9H,2-3,5-7H2,1H3. The topological polar surface area (TPSA) is 26.3 Å². The molecule has 0 rings (SSSR count). The number of hydrogen-bond acceptors (Lipinski definition) is 2. The minimum atomic E-state index is -0.410. The van der Waals surface area contributed by atoms with Crippen LogP contribution >= 0.6 is 0 Å². The Morgan fingerprint density at radius 1 is 1.55 bits per heavy atom. The first-order chi connectivity index (χ1) is 5.35. The zero-order valence-electron chi connectivity index (χ0n) is 7.08. The Morgan fingerprint density at radius 2 is 2.27 bits per heavy atom. The van der Waals surface area contributed by atoms with Crippen molar-refractivity contribution in [2.45, 2.75) is 32.3 Å². The van der Waals surface area contributed by atoms with Gasteiger partial charge in [0, 0.05) is 6.61 Å². The summed E-state index contributed by atoms with van der Waals surface area (Å²) in [7, 11) is 0. The van der Waals surface area contributed by atoms with E-state index in [1.807, 2.05) is 0 Å². The van der Waals surface area contributed by atoms with E-state index in [1.54, 1.807) is 0 Å². The van der Waals surface area contributed by atoms with E-state index in [2.05, 4.69) is 13.5 Å². The normalized spacial score (nSPS) is 12.5. The molecule has 0 saturated heterocycles. The summed E-state index contributed by atoms with van der Waals surface area (Å²) in [5, 5.41) is 0. The Bertz CT molecular complexity index is 102. The monoisotopic (exact) mass is 156 g/mol. The fourth-order valence-electron chi connectivity index (χ4n) is 0.734. The lowest BCUT2D eigenvalue weighted by Gasteiger charge is -2.05. The van der Waals surface area contributed by atoms with Crippen LogP contribution in [0.25, 0.3) is 0 Å². The summed E-state index contributed by atoms with van der Waals surface area (Å²) in [6.45, 7) is 6.26. The largest absolute Gasteiger partial charge is 0.367 e. The molecule has 0 aromatic heterocycles. The van der Waals surface area contributed by atoms with Gasteiger partial charge in [-0.25, -0.2) is 0 Å². The second kappa shape index (κ2) is 7.48. The maximum Gasteiger partial charge on any atom is 0.152 e. The van der Waals surface area contributed by atoms with Crippen molar-refractivity contribution in [1.29, 1.82) is 0 Å². The number of hydrogen-bond donors (Lipinski definition) is 0. The third-order valence-electron chi connectivity index (χ3n) is 1.42. The van der Waals surface area contributed by atoms with Crippen LogP contribution < -0.4 is 0 Å². The van der Waals surface area contributed by atoms with Gasteiger partial charge in [0.25, 0.3) is 0 Å². The molecule has 0 aliphatic heterocycles. The molecule has 0 radical (unpaired) electrons. The Balaban J connectivity index is 3.21. The second-order valence-corrected chi connectivity index (χ2v) is 2.41. The second-order valence-electron chi connectivity index (χ2n) is 2.41. The molecule has 0 bridgehead atoms. The Labute approximate surface area is 68.2 Å². The summed E-state index contributed by atoms with van der Waals surface area (Å²) in [6.07, 6.45) is 5.21. The van der Waals surface area contributed by atoms with E-state index in [9.17, 15) is 4.79 Å². The number of carbonyl (C=O) groups is 1. The van der Waals surface area contributed by atoms with Crippen molar-refractivity contribution in [3.8, 4) is 0 Å². The van der Waals surface area contributed by atoms with Gasteiger partial charge in [-0.05, 0) is 6.42 Å². The molecule has 0 amide bonds. The predicted molar refractivity (Wildman–Crippen MR) is 45.5 cm³/mol. The van der Waals surface area contributed by atoms with Gasteiger partial charge in [-0.1, -0.05) is 25.8 Å². The predicted octanol–water partition coefficient (Wildman–Crippen LogP) is 1.95. The summed E-state index contributed by atoms with van der Waals surface area (Å²) >= 11 is 0. The summed E-state index contributed by atoms with van der Waals surface area (Å²) < 4.78 is 5.16. The van der Waals surface area contributed by atoms with Crippen molar-refractivity contribution in [3.05, 3.63) is 12.7 Å². The maximum atomic E-state index is 10.2. The fourth-order valence-corrected chi connectivity index (χ4v) is 0.734. The van der Waals surface area contributed by atoms with Crippen molar-refractivity contribution in [2.24, 2.45) is 0 Å². The average Bonchev–Trinajstić information content (AvgIpc) is 2.05. The van der Waals surface area contributed by atoms with Gasteiger partial charge in [0.2, 0.25) is 0 Å². The number of carbonyl (C=O) groups excluding carboxylic acids is 1. The molecule has 0 spiro atoms. The van der Waals surface area contributed by atoms with Crippen molar-refractivity contribution in [2.75, 3.05) is 6.61 Å². The van der Waals surface area contributed by atoms with Crippen LogP contribution in [0.4, 0.5) is 0 Å². The molecule has 0 heterocycles. The molecule has 0 N–H and O–H groups in total. The molecule has 1 unspecified atom stereocenters. The highest BCUT2D eigenvalue weighted by Crippen LogP contribution is 1.96. The highest BCUT2D eigenvalue weighted by atomic mass is 16.5. The molecule has 2 nitrogen and oxygen atoms in total. The third kappa shape index (κ3) is 5.80. The minimum absolute atomic E-state index is 0.410. The van der Waals surface area contributed by atoms with Gasteiger partial charge in [-0.3, -0.25) is 0 Å². The van der Waals surface area contributed by atoms with Crippen molar-refractivity contribution >= 4 is 6.29 Å². The number of aldehydes is 1. The quantitative estimate of drug-likeness (QED) is 0.320. The van der Waals surface area contributed by atoms with Crippen molar-refractivity contribution in [3.63, 3.8) is 0 Å². The molecule has 0 aliphatic carbocycles. The van der Waals surface area contributed by atoms with Gasteiger partial charge in [0.05, 0.1) is 0 Å². The number of ether oxygens (including phenoxy) is 1. The van der Waals surface area contributed by atoms with Crippen molar-refractivity contribution < 1.29 is 9.53 Å². The molecule has 64 valence electrons. The Kier molecular flexibility index (Phi) is 7.05. The molecule has 0 aromatic carbocycles. The van der Waals surface area contributed by atoms with Crippen LogP contribution in [0.1, 0.15) is 26.2 Å². The van der Waals surface area contributed by atoms with Gasteiger partial charge in [-0.15, -0.1) is 6.58 Å². The van der Waals surface area contributed by atoms with Crippen LogP contribution in [0.15, 0.2) is 12.7 Å². The lowest BCUT2D eigenvalue weighted by molar-refractivity contribution is -0.115. The zero-order chi connectivity index (χ0) is 8.53. The molecule has 2 heteroatoms. The molecule has 0 saturated carbocycles. The lowest BCUT2D eigenvalue weighted by atomic mass is 10.3. The van der Waals surface area contributed by atoms with Crippen LogP contribution in [0.3, 0.4) is 0 Å². The van der Waals surface area contributed by atoms with E-state index in [0.29, 0.717) is 6.61 Å².